The van der Waals surface area contributed by atoms with Gasteiger partial charge in [-0.2, -0.15) is 0 Å². The van der Waals surface area contributed by atoms with Crippen LogP contribution in [0.1, 0.15) is 0 Å². The molecule has 0 heterocycles. The van der Waals surface area contributed by atoms with E-state index in [1.807, 2.05) is 0 Å². The summed E-state index contributed by atoms with van der Waals surface area (Å²) < 4.78 is 0. The van der Waals surface area contributed by atoms with Crippen LogP contribution in [-0.4, -0.2) is 11.0 Å². The molecule has 0 amide bonds. The number of hydrogen-bond donors (Lipinski definition) is 0. The Balaban J connectivity index is 0. The minimum atomic E-state index is 0. The Bertz CT molecular complexity index is 6.00. The molecule has 0 atom stereocenters. The SMILES string of the molecule is Cl.O.O.[Mn+2]. The smallest absolute Gasteiger partial charge is 0.412 e. The second kappa shape index (κ2) is 52.2. The first-order valence-electron chi connectivity index (χ1n) is 0. The maximum Gasteiger partial charge on any atom is 2.00 e. The Morgan fingerprint density at radius 2 is 0.750 bits per heavy atom. The van der Waals surface area contributed by atoms with E-state index in [9.17, 15) is 0 Å². The van der Waals surface area contributed by atoms with Crippen molar-refractivity contribution in [3.63, 3.8) is 0 Å². The van der Waals surface area contributed by atoms with Crippen molar-refractivity contribution in [1.29, 1.82) is 0 Å². The van der Waals surface area contributed by atoms with Crippen LogP contribution in [-0.2, 0) is 17.1 Å². The second-order valence-corrected chi connectivity index (χ2v) is 0. The molecule has 4 N–H and O–H groups in total. The molecule has 0 aliphatic carbocycles. The summed E-state index contributed by atoms with van der Waals surface area (Å²) in [7, 11) is 0. The van der Waals surface area contributed by atoms with Crippen molar-refractivity contribution in [2.45, 2.75) is 0 Å². The third kappa shape index (κ3) is 15.3. The van der Waals surface area contributed by atoms with Gasteiger partial charge in [-0.25, -0.2) is 0 Å². The van der Waals surface area contributed by atoms with Crippen LogP contribution in [0, 0.1) is 0 Å². The van der Waals surface area contributed by atoms with E-state index < -0.39 is 0 Å². The summed E-state index contributed by atoms with van der Waals surface area (Å²) in [6, 6.07) is 0. The molecule has 0 rings (SSSR count). The third-order valence-electron chi connectivity index (χ3n) is 0. The minimum Gasteiger partial charge on any atom is -0.412 e. The molecule has 2 nitrogen and oxygen atoms in total. The topological polar surface area (TPSA) is 63.0 Å². The molecule has 0 aromatic carbocycles. The van der Waals surface area contributed by atoms with Gasteiger partial charge in [-0.05, 0) is 0 Å². The third-order valence-corrected chi connectivity index (χ3v) is 0. The van der Waals surface area contributed by atoms with Gasteiger partial charge < -0.3 is 11.0 Å². The van der Waals surface area contributed by atoms with Gasteiger partial charge in [-0.15, -0.1) is 12.4 Å². The molecule has 4 heavy (non-hydrogen) atoms. The number of hydrogen-bond acceptors (Lipinski definition) is 0. The van der Waals surface area contributed by atoms with Crippen molar-refractivity contribution >= 4 is 12.4 Å². The quantitative estimate of drug-likeness (QED) is 0.366. The van der Waals surface area contributed by atoms with Crippen LogP contribution < -0.4 is 0 Å². The molecule has 0 fully saturated rings. The van der Waals surface area contributed by atoms with Gasteiger partial charge in [0.05, 0.1) is 0 Å². The van der Waals surface area contributed by atoms with E-state index in [2.05, 4.69) is 0 Å². The zero-order chi connectivity index (χ0) is 0. The molecule has 0 aromatic rings. The van der Waals surface area contributed by atoms with Gasteiger partial charge in [0.1, 0.15) is 0 Å². The van der Waals surface area contributed by atoms with Crippen molar-refractivity contribution in [1.82, 2.24) is 0 Å². The van der Waals surface area contributed by atoms with E-state index >= 15 is 0 Å². The Morgan fingerprint density at radius 3 is 0.750 bits per heavy atom. The first-order chi connectivity index (χ1) is 0. The van der Waals surface area contributed by atoms with Gasteiger partial charge in [0.25, 0.3) is 0 Å². The summed E-state index contributed by atoms with van der Waals surface area (Å²) in [4.78, 5) is 0. The second-order valence-electron chi connectivity index (χ2n) is 0. The molecule has 0 bridgehead atoms. The molecule has 0 aromatic heterocycles. The Labute approximate surface area is 41.1 Å². The Hall–Kier alpha value is 0.729. The van der Waals surface area contributed by atoms with Gasteiger partial charge in [0, 0.05) is 0 Å². The first-order valence-corrected chi connectivity index (χ1v) is 0. The van der Waals surface area contributed by atoms with Crippen LogP contribution in [0.4, 0.5) is 0 Å². The van der Waals surface area contributed by atoms with Crippen LogP contribution in [0.15, 0.2) is 0 Å². The van der Waals surface area contributed by atoms with Crippen LogP contribution in [0.2, 0.25) is 0 Å². The molecule has 0 aliphatic rings. The molecule has 29 valence electrons. The van der Waals surface area contributed by atoms with Crippen molar-refractivity contribution in [3.05, 3.63) is 0 Å². The summed E-state index contributed by atoms with van der Waals surface area (Å²) in [5.41, 5.74) is 0. The van der Waals surface area contributed by atoms with Gasteiger partial charge in [-0.3, -0.25) is 0 Å². The van der Waals surface area contributed by atoms with E-state index in [4.69, 9.17) is 0 Å². The standard InChI is InChI=1S/ClH.Mn.2H2O/h1H;;2*1H2/q;+2;;. The largest absolute Gasteiger partial charge is 2.00 e. The van der Waals surface area contributed by atoms with E-state index in [1.165, 1.54) is 0 Å². The molecular formula is H5ClMnO2+2. The van der Waals surface area contributed by atoms with Crippen molar-refractivity contribution < 1.29 is 28.0 Å². The zero-order valence-corrected chi connectivity index (χ0v) is 3.78. The fourth-order valence-corrected chi connectivity index (χ4v) is 0. The van der Waals surface area contributed by atoms with Crippen molar-refractivity contribution in [2.75, 3.05) is 0 Å². The molecule has 0 unspecified atom stereocenters. The van der Waals surface area contributed by atoms with Crippen LogP contribution in [0.3, 0.4) is 0 Å². The van der Waals surface area contributed by atoms with Crippen LogP contribution >= 0.6 is 12.4 Å². The van der Waals surface area contributed by atoms with Crippen LogP contribution in [0.5, 0.6) is 0 Å². The van der Waals surface area contributed by atoms with Gasteiger partial charge in [0.15, 0.2) is 0 Å². The van der Waals surface area contributed by atoms with Crippen LogP contribution in [0.25, 0.3) is 0 Å². The summed E-state index contributed by atoms with van der Waals surface area (Å²) >= 11 is 0. The monoisotopic (exact) mass is 127 g/mol. The molecular weight excluding hydrogens is 122 g/mol. The predicted octanol–water partition coefficient (Wildman–Crippen LogP) is -1.23. The molecule has 0 saturated heterocycles. The fourth-order valence-electron chi connectivity index (χ4n) is 0. The normalized spacial score (nSPS) is 0. The summed E-state index contributed by atoms with van der Waals surface area (Å²) in [5, 5.41) is 0. The van der Waals surface area contributed by atoms with Gasteiger partial charge in [0.2, 0.25) is 0 Å². The number of halogens is 1. The van der Waals surface area contributed by atoms with E-state index in [1.54, 1.807) is 0 Å². The molecule has 0 spiro atoms. The molecule has 4 heteroatoms. The first kappa shape index (κ1) is 124. The van der Waals surface area contributed by atoms with Gasteiger partial charge in [-0.1, -0.05) is 0 Å². The summed E-state index contributed by atoms with van der Waals surface area (Å²) in [6.45, 7) is 0. The van der Waals surface area contributed by atoms with Gasteiger partial charge >= 0.3 is 17.1 Å². The molecule has 0 aliphatic heterocycles. The van der Waals surface area contributed by atoms with E-state index in [0.29, 0.717) is 0 Å². The summed E-state index contributed by atoms with van der Waals surface area (Å²) in [6.07, 6.45) is 0. The minimum absolute atomic E-state index is 0. The van der Waals surface area contributed by atoms with Crippen molar-refractivity contribution in [3.8, 4) is 0 Å². The molecule has 0 saturated carbocycles. The number of rotatable bonds is 0. The van der Waals surface area contributed by atoms with Crippen molar-refractivity contribution in [2.24, 2.45) is 0 Å². The van der Waals surface area contributed by atoms with E-state index in [0.717, 1.165) is 0 Å². The maximum atomic E-state index is 0. The zero-order valence-electron chi connectivity index (χ0n) is 1.79. The average molecular weight is 127 g/mol. The summed E-state index contributed by atoms with van der Waals surface area (Å²) in [5.74, 6) is 0. The molecule has 1 radical (unpaired) electrons. The maximum absolute atomic E-state index is 0. The fraction of sp³-hybridized carbons (Fsp3) is 0. The Morgan fingerprint density at radius 1 is 0.750 bits per heavy atom. The predicted molar refractivity (Wildman–Crippen MR) is 14.5 cm³/mol. The Kier molecular flexibility index (Phi) is 1610. The average Bonchev–Trinajstić information content (AvgIpc) is 0. The van der Waals surface area contributed by atoms with E-state index in [-0.39, 0.29) is 40.4 Å².